The summed E-state index contributed by atoms with van der Waals surface area (Å²) < 4.78 is 38.9. The molecule has 0 saturated carbocycles. The van der Waals surface area contributed by atoms with Crippen LogP contribution < -0.4 is 0 Å². The smallest absolute Gasteiger partial charge is 0.166 e. The molecule has 0 aliphatic heterocycles. The number of hydrogen-bond acceptors (Lipinski definition) is 0. The molecule has 109 valence electrons. The average molecular weight is 297 g/mol. The monoisotopic (exact) mass is 297 g/mol. The lowest BCUT2D eigenvalue weighted by molar-refractivity contribution is -0.137. The van der Waals surface area contributed by atoms with Gasteiger partial charge in [0.1, 0.15) is 0 Å². The molecule has 1 aliphatic rings. The summed E-state index contributed by atoms with van der Waals surface area (Å²) >= 11 is 0. The van der Waals surface area contributed by atoms with Crippen LogP contribution in [0.2, 0.25) is 0 Å². The largest absolute Gasteiger partial charge is 0.416 e. The third-order valence-electron chi connectivity index (χ3n) is 3.41. The molecular formula is C19H12F3. The Hall–Kier alpha value is -2.55. The number of halogens is 3. The van der Waals surface area contributed by atoms with Crippen molar-refractivity contribution in [2.24, 2.45) is 0 Å². The quantitative estimate of drug-likeness (QED) is 0.692. The molecule has 0 bridgehead atoms. The second kappa shape index (κ2) is 5.68. The highest BCUT2D eigenvalue weighted by Gasteiger charge is 2.30. The molecule has 0 amide bonds. The molecule has 2 aromatic carbocycles. The first-order valence-electron chi connectivity index (χ1n) is 6.79. The second-order valence-corrected chi connectivity index (χ2v) is 4.90. The fraction of sp³-hybridized carbons (Fsp3) is 0.0526. The van der Waals surface area contributed by atoms with E-state index in [9.17, 15) is 13.2 Å². The van der Waals surface area contributed by atoms with Crippen molar-refractivity contribution in [3.63, 3.8) is 0 Å². The Balaban J connectivity index is 2.19. The van der Waals surface area contributed by atoms with Crippen molar-refractivity contribution in [2.75, 3.05) is 0 Å². The number of allylic oxidation sites excluding steroid dienone is 5. The summed E-state index contributed by atoms with van der Waals surface area (Å²) in [5.41, 5.74) is 2.28. The van der Waals surface area contributed by atoms with E-state index in [2.05, 4.69) is 6.08 Å². The van der Waals surface area contributed by atoms with Crippen molar-refractivity contribution in [1.29, 1.82) is 0 Å². The Morgan fingerprint density at radius 3 is 2.23 bits per heavy atom. The Bertz CT molecular complexity index is 749. The van der Waals surface area contributed by atoms with E-state index in [-0.39, 0.29) is 0 Å². The van der Waals surface area contributed by atoms with Gasteiger partial charge in [0.15, 0.2) is 0 Å². The van der Waals surface area contributed by atoms with E-state index in [1.54, 1.807) is 12.1 Å². The maximum atomic E-state index is 13.0. The zero-order valence-corrected chi connectivity index (χ0v) is 11.6. The molecule has 3 rings (SSSR count). The molecule has 3 heteroatoms. The van der Waals surface area contributed by atoms with E-state index in [4.69, 9.17) is 0 Å². The number of alkyl halides is 3. The van der Waals surface area contributed by atoms with Crippen molar-refractivity contribution in [2.45, 2.75) is 6.18 Å². The lowest BCUT2D eigenvalue weighted by Gasteiger charge is -2.13. The molecule has 0 aromatic heterocycles. The van der Waals surface area contributed by atoms with Gasteiger partial charge in [-0.25, -0.2) is 0 Å². The Kier molecular flexibility index (Phi) is 3.72. The van der Waals surface area contributed by atoms with Crippen molar-refractivity contribution >= 4 is 5.57 Å². The third kappa shape index (κ3) is 2.89. The number of benzene rings is 2. The van der Waals surface area contributed by atoms with E-state index in [1.165, 1.54) is 12.1 Å². The third-order valence-corrected chi connectivity index (χ3v) is 3.41. The molecule has 1 aliphatic carbocycles. The lowest BCUT2D eigenvalue weighted by Crippen LogP contribution is -2.05. The van der Waals surface area contributed by atoms with Crippen molar-refractivity contribution in [3.8, 4) is 0 Å². The van der Waals surface area contributed by atoms with Gasteiger partial charge in [-0.2, -0.15) is 13.2 Å². The molecule has 0 atom stereocenters. The first kappa shape index (κ1) is 14.4. The van der Waals surface area contributed by atoms with Crippen LogP contribution in [0, 0.1) is 6.08 Å². The zero-order chi connectivity index (χ0) is 15.6. The van der Waals surface area contributed by atoms with Crippen LogP contribution in [0.15, 0.2) is 78.4 Å². The Labute approximate surface area is 126 Å². The van der Waals surface area contributed by atoms with Crippen molar-refractivity contribution < 1.29 is 13.2 Å². The van der Waals surface area contributed by atoms with Gasteiger partial charge in [-0.15, -0.1) is 0 Å². The van der Waals surface area contributed by atoms with Gasteiger partial charge >= 0.3 is 6.18 Å². The predicted octanol–water partition coefficient (Wildman–Crippen LogP) is 5.44. The molecule has 22 heavy (non-hydrogen) atoms. The van der Waals surface area contributed by atoms with Gasteiger partial charge in [0.2, 0.25) is 0 Å². The highest BCUT2D eigenvalue weighted by atomic mass is 19.4. The molecule has 0 heterocycles. The molecule has 0 unspecified atom stereocenters. The molecule has 0 fully saturated rings. The van der Waals surface area contributed by atoms with Crippen LogP contribution in [-0.4, -0.2) is 0 Å². The summed E-state index contributed by atoms with van der Waals surface area (Å²) in [4.78, 5) is 0. The minimum atomic E-state index is -4.35. The Morgan fingerprint density at radius 1 is 0.864 bits per heavy atom. The number of hydrogen-bond donors (Lipinski definition) is 0. The fourth-order valence-electron chi connectivity index (χ4n) is 2.42. The average Bonchev–Trinajstić information content (AvgIpc) is 3.02. The van der Waals surface area contributed by atoms with E-state index >= 15 is 0 Å². The summed E-state index contributed by atoms with van der Waals surface area (Å²) in [6.45, 7) is 0. The van der Waals surface area contributed by atoms with Crippen LogP contribution in [0.25, 0.3) is 5.57 Å². The van der Waals surface area contributed by atoms with Gasteiger partial charge < -0.3 is 0 Å². The van der Waals surface area contributed by atoms with Crippen molar-refractivity contribution in [1.82, 2.24) is 0 Å². The summed E-state index contributed by atoms with van der Waals surface area (Å²) in [5, 5.41) is 0. The topological polar surface area (TPSA) is 0 Å². The SMILES string of the molecule is FC(F)(F)c1cccc(C(=C2[C]=CC=C2)c2ccccc2)c1. The summed E-state index contributed by atoms with van der Waals surface area (Å²) in [6.07, 6.45) is 4.15. The number of rotatable bonds is 2. The molecule has 1 radical (unpaired) electrons. The summed E-state index contributed by atoms with van der Waals surface area (Å²) in [6, 6.07) is 14.8. The van der Waals surface area contributed by atoms with Crippen molar-refractivity contribution in [3.05, 3.63) is 101 Å². The molecule has 0 spiro atoms. The Morgan fingerprint density at radius 2 is 1.59 bits per heavy atom. The fourth-order valence-corrected chi connectivity index (χ4v) is 2.42. The summed E-state index contributed by atoms with van der Waals surface area (Å²) in [7, 11) is 0. The van der Waals surface area contributed by atoms with Gasteiger partial charge in [0, 0.05) is 0 Å². The first-order chi connectivity index (χ1) is 10.6. The van der Waals surface area contributed by atoms with Crippen LogP contribution in [-0.2, 0) is 6.18 Å². The molecule has 2 aromatic rings. The zero-order valence-electron chi connectivity index (χ0n) is 11.6. The molecule has 0 N–H and O–H groups in total. The van der Waals surface area contributed by atoms with E-state index in [0.717, 1.165) is 22.8 Å². The molecule has 0 nitrogen and oxygen atoms in total. The molecular weight excluding hydrogens is 285 g/mol. The maximum Gasteiger partial charge on any atom is 0.416 e. The van der Waals surface area contributed by atoms with E-state index < -0.39 is 11.7 Å². The van der Waals surface area contributed by atoms with Gasteiger partial charge in [0.05, 0.1) is 5.56 Å². The maximum absolute atomic E-state index is 13.0. The van der Waals surface area contributed by atoms with Gasteiger partial charge in [-0.1, -0.05) is 60.7 Å². The van der Waals surface area contributed by atoms with Crippen LogP contribution in [0.5, 0.6) is 0 Å². The van der Waals surface area contributed by atoms with E-state index in [0.29, 0.717) is 5.56 Å². The van der Waals surface area contributed by atoms with Gasteiger partial charge in [0.25, 0.3) is 0 Å². The predicted molar refractivity (Wildman–Crippen MR) is 80.9 cm³/mol. The van der Waals surface area contributed by atoms with Gasteiger partial charge in [-0.05, 0) is 40.5 Å². The first-order valence-corrected chi connectivity index (χ1v) is 6.79. The van der Waals surface area contributed by atoms with Crippen LogP contribution in [0.4, 0.5) is 13.2 Å². The van der Waals surface area contributed by atoms with Crippen LogP contribution in [0.3, 0.4) is 0 Å². The minimum Gasteiger partial charge on any atom is -0.166 e. The minimum absolute atomic E-state index is 0.531. The standard InChI is InChI=1S/C19H12F3/c20-19(21,22)17-12-6-11-16(13-17)18(15-9-4-5-10-15)14-7-2-1-3-8-14/h1-9,11-13H. The molecule has 0 saturated heterocycles. The normalized spacial score (nSPS) is 16.1. The highest BCUT2D eigenvalue weighted by Crippen LogP contribution is 2.34. The van der Waals surface area contributed by atoms with Crippen LogP contribution >= 0.6 is 0 Å². The highest BCUT2D eigenvalue weighted by molar-refractivity contribution is 5.85. The second-order valence-electron chi connectivity index (χ2n) is 4.90. The van der Waals surface area contributed by atoms with Crippen LogP contribution in [0.1, 0.15) is 16.7 Å². The van der Waals surface area contributed by atoms with Gasteiger partial charge in [-0.3, -0.25) is 0 Å². The van der Waals surface area contributed by atoms with E-state index in [1.807, 2.05) is 42.5 Å². The lowest BCUT2D eigenvalue weighted by atomic mass is 9.92. The summed E-state index contributed by atoms with van der Waals surface area (Å²) in [5.74, 6) is 0.